The smallest absolute Gasteiger partial charge is 0.225 e. The normalized spacial score (nSPS) is 10.1. The number of aryl methyl sites for hydroxylation is 2. The van der Waals surface area contributed by atoms with Crippen molar-refractivity contribution in [1.29, 1.82) is 0 Å². The predicted molar refractivity (Wildman–Crippen MR) is 78.9 cm³/mol. The zero-order valence-corrected chi connectivity index (χ0v) is 11.7. The third-order valence-corrected chi connectivity index (χ3v) is 2.97. The van der Waals surface area contributed by atoms with Gasteiger partial charge in [0.1, 0.15) is 11.6 Å². The Labute approximate surface area is 118 Å². The molecule has 0 atom stereocenters. The van der Waals surface area contributed by atoms with Crippen LogP contribution in [-0.4, -0.2) is 18.0 Å². The quantitative estimate of drug-likeness (QED) is 0.908. The first-order chi connectivity index (χ1) is 9.69. The second-order valence-electron chi connectivity index (χ2n) is 4.52. The molecular formula is C16H18N2O2. The van der Waals surface area contributed by atoms with Gasteiger partial charge in [0.2, 0.25) is 5.91 Å². The van der Waals surface area contributed by atoms with E-state index < -0.39 is 0 Å². The number of nitrogens with zero attached hydrogens (tertiary/aromatic N) is 1. The van der Waals surface area contributed by atoms with Gasteiger partial charge in [-0.2, -0.15) is 0 Å². The molecule has 0 bridgehead atoms. The molecule has 4 heteroatoms. The van der Waals surface area contributed by atoms with E-state index in [2.05, 4.69) is 10.3 Å². The van der Waals surface area contributed by atoms with Gasteiger partial charge in [-0.25, -0.2) is 4.98 Å². The molecule has 4 nitrogen and oxygen atoms in total. The average Bonchev–Trinajstić information content (AvgIpc) is 2.45. The van der Waals surface area contributed by atoms with Crippen LogP contribution in [0.25, 0.3) is 0 Å². The fraction of sp³-hybridized carbons (Fsp3) is 0.250. The number of pyridine rings is 1. The van der Waals surface area contributed by atoms with Crippen LogP contribution in [0.5, 0.6) is 5.75 Å². The van der Waals surface area contributed by atoms with Crippen molar-refractivity contribution in [3.63, 3.8) is 0 Å². The van der Waals surface area contributed by atoms with E-state index in [4.69, 9.17) is 4.74 Å². The Hall–Kier alpha value is -2.36. The molecule has 2 aromatic rings. The molecule has 0 fully saturated rings. The minimum Gasteiger partial charge on any atom is -0.496 e. The molecule has 0 aliphatic heterocycles. The second-order valence-corrected chi connectivity index (χ2v) is 4.52. The van der Waals surface area contributed by atoms with Gasteiger partial charge in [0, 0.05) is 12.1 Å². The molecular weight excluding hydrogens is 252 g/mol. The maximum absolute atomic E-state index is 11.9. The van der Waals surface area contributed by atoms with Crippen LogP contribution in [0.15, 0.2) is 42.5 Å². The Morgan fingerprint density at radius 1 is 1.20 bits per heavy atom. The average molecular weight is 270 g/mol. The number of para-hydroxylation sites is 1. The van der Waals surface area contributed by atoms with E-state index in [1.165, 1.54) is 0 Å². The topological polar surface area (TPSA) is 51.2 Å². The van der Waals surface area contributed by atoms with Crippen LogP contribution >= 0.6 is 0 Å². The molecule has 1 aromatic carbocycles. The minimum absolute atomic E-state index is 0.0472. The van der Waals surface area contributed by atoms with E-state index in [9.17, 15) is 4.79 Å². The van der Waals surface area contributed by atoms with Gasteiger partial charge in [-0.15, -0.1) is 0 Å². The number of hydrogen-bond acceptors (Lipinski definition) is 3. The van der Waals surface area contributed by atoms with E-state index in [-0.39, 0.29) is 5.91 Å². The predicted octanol–water partition coefficient (Wildman–Crippen LogP) is 2.97. The van der Waals surface area contributed by atoms with Crippen molar-refractivity contribution in [1.82, 2.24) is 4.98 Å². The van der Waals surface area contributed by atoms with Crippen LogP contribution in [0, 0.1) is 6.92 Å². The van der Waals surface area contributed by atoms with Gasteiger partial charge in [-0.3, -0.25) is 4.79 Å². The molecule has 0 spiro atoms. The molecule has 0 saturated heterocycles. The Kier molecular flexibility index (Phi) is 4.71. The molecule has 2 rings (SSSR count). The van der Waals surface area contributed by atoms with Gasteiger partial charge in [-0.05, 0) is 37.1 Å². The summed E-state index contributed by atoms with van der Waals surface area (Å²) in [4.78, 5) is 16.2. The fourth-order valence-electron chi connectivity index (χ4n) is 1.98. The first-order valence-electron chi connectivity index (χ1n) is 6.54. The molecule has 0 unspecified atom stereocenters. The molecule has 104 valence electrons. The van der Waals surface area contributed by atoms with Gasteiger partial charge in [0.05, 0.1) is 7.11 Å². The number of carbonyl (C=O) groups is 1. The van der Waals surface area contributed by atoms with Gasteiger partial charge in [-0.1, -0.05) is 24.3 Å². The first kappa shape index (κ1) is 14.1. The summed E-state index contributed by atoms with van der Waals surface area (Å²) in [7, 11) is 1.63. The molecule has 20 heavy (non-hydrogen) atoms. The van der Waals surface area contributed by atoms with Crippen molar-refractivity contribution in [3.8, 4) is 5.75 Å². The number of nitrogens with one attached hydrogen (secondary N) is 1. The zero-order chi connectivity index (χ0) is 14.4. The van der Waals surface area contributed by atoms with Gasteiger partial charge < -0.3 is 10.1 Å². The fourth-order valence-corrected chi connectivity index (χ4v) is 1.98. The molecule has 0 aliphatic rings. The van der Waals surface area contributed by atoms with Crippen molar-refractivity contribution < 1.29 is 9.53 Å². The van der Waals surface area contributed by atoms with E-state index >= 15 is 0 Å². The Bertz CT molecular complexity index is 597. The third-order valence-electron chi connectivity index (χ3n) is 2.97. The highest BCUT2D eigenvalue weighted by Gasteiger charge is 2.07. The summed E-state index contributed by atoms with van der Waals surface area (Å²) in [6.07, 6.45) is 1.04. The first-order valence-corrected chi connectivity index (χ1v) is 6.54. The Morgan fingerprint density at radius 2 is 2.00 bits per heavy atom. The van der Waals surface area contributed by atoms with Gasteiger partial charge in [0.15, 0.2) is 0 Å². The highest BCUT2D eigenvalue weighted by Crippen LogP contribution is 2.19. The maximum Gasteiger partial charge on any atom is 0.225 e. The summed E-state index contributed by atoms with van der Waals surface area (Å²) in [5.74, 6) is 1.36. The number of ether oxygens (including phenoxy) is 1. The van der Waals surface area contributed by atoms with Crippen LogP contribution < -0.4 is 10.1 Å². The highest BCUT2D eigenvalue weighted by molar-refractivity contribution is 5.89. The van der Waals surface area contributed by atoms with Crippen LogP contribution in [0.4, 0.5) is 5.82 Å². The Balaban J connectivity index is 1.92. The molecule has 0 aliphatic carbocycles. The van der Waals surface area contributed by atoms with Crippen molar-refractivity contribution in [2.75, 3.05) is 12.4 Å². The summed E-state index contributed by atoms with van der Waals surface area (Å²) in [5, 5.41) is 2.80. The number of hydrogen-bond donors (Lipinski definition) is 1. The number of methoxy groups -OCH3 is 1. The molecule has 1 N–H and O–H groups in total. The van der Waals surface area contributed by atoms with E-state index in [0.717, 1.165) is 17.0 Å². The summed E-state index contributed by atoms with van der Waals surface area (Å²) >= 11 is 0. The summed E-state index contributed by atoms with van der Waals surface area (Å²) < 4.78 is 5.27. The number of rotatable bonds is 5. The van der Waals surface area contributed by atoms with Crippen molar-refractivity contribution in [2.45, 2.75) is 19.8 Å². The summed E-state index contributed by atoms with van der Waals surface area (Å²) in [6.45, 7) is 1.89. The molecule has 1 aromatic heterocycles. The number of carbonyl (C=O) groups excluding carboxylic acids is 1. The van der Waals surface area contributed by atoms with E-state index in [1.807, 2.05) is 43.3 Å². The SMILES string of the molecule is COc1ccccc1CCC(=O)Nc1cccc(C)n1. The lowest BCUT2D eigenvalue weighted by Gasteiger charge is -2.08. The van der Waals surface area contributed by atoms with E-state index in [0.29, 0.717) is 18.7 Å². The van der Waals surface area contributed by atoms with Crippen molar-refractivity contribution >= 4 is 11.7 Å². The molecule has 1 amide bonds. The lowest BCUT2D eigenvalue weighted by molar-refractivity contribution is -0.116. The van der Waals surface area contributed by atoms with Crippen LogP contribution in [0.1, 0.15) is 17.7 Å². The molecule has 0 saturated carbocycles. The van der Waals surface area contributed by atoms with Crippen LogP contribution in [0.2, 0.25) is 0 Å². The zero-order valence-electron chi connectivity index (χ0n) is 11.7. The van der Waals surface area contributed by atoms with Crippen molar-refractivity contribution in [3.05, 3.63) is 53.7 Å². The molecule has 0 radical (unpaired) electrons. The number of amides is 1. The highest BCUT2D eigenvalue weighted by atomic mass is 16.5. The lowest BCUT2D eigenvalue weighted by Crippen LogP contribution is -2.13. The van der Waals surface area contributed by atoms with Gasteiger partial charge >= 0.3 is 0 Å². The Morgan fingerprint density at radius 3 is 2.75 bits per heavy atom. The number of benzene rings is 1. The van der Waals surface area contributed by atoms with Crippen LogP contribution in [-0.2, 0) is 11.2 Å². The number of anilines is 1. The second kappa shape index (κ2) is 6.70. The van der Waals surface area contributed by atoms with E-state index in [1.54, 1.807) is 13.2 Å². The summed E-state index contributed by atoms with van der Waals surface area (Å²) in [5.41, 5.74) is 1.91. The largest absolute Gasteiger partial charge is 0.496 e. The van der Waals surface area contributed by atoms with Crippen molar-refractivity contribution in [2.24, 2.45) is 0 Å². The summed E-state index contributed by atoms with van der Waals surface area (Å²) in [6, 6.07) is 13.3. The maximum atomic E-state index is 11.9. The third kappa shape index (κ3) is 3.82. The monoisotopic (exact) mass is 270 g/mol. The van der Waals surface area contributed by atoms with Gasteiger partial charge in [0.25, 0.3) is 0 Å². The molecule has 1 heterocycles. The van der Waals surface area contributed by atoms with Crippen LogP contribution in [0.3, 0.4) is 0 Å². The minimum atomic E-state index is -0.0472. The standard InChI is InChI=1S/C16H18N2O2/c1-12-6-5-9-15(17-12)18-16(19)11-10-13-7-3-4-8-14(13)20-2/h3-9H,10-11H2,1-2H3,(H,17,18,19). The number of aromatic nitrogens is 1. The lowest BCUT2D eigenvalue weighted by atomic mass is 10.1.